The Hall–Kier alpha value is -5.99. The highest BCUT2D eigenvalue weighted by Gasteiger charge is 2.20. The van der Waals surface area contributed by atoms with Gasteiger partial charge in [0.05, 0.1) is 20.5 Å². The maximum Gasteiger partial charge on any atom is 0.673 e. The number of carbonyl (C=O) groups is 1. The Kier molecular flexibility index (Phi) is 19.2. The number of rotatable bonds is 9. The molecule has 0 spiro atoms. The molecule has 4 heterocycles. The van der Waals surface area contributed by atoms with Gasteiger partial charge in [0.15, 0.2) is 17.9 Å². The molecule has 6 rings (SSSR count). The largest absolute Gasteiger partial charge is 0.673 e. The zero-order valence-corrected chi connectivity index (χ0v) is 34.8. The molecule has 60 heavy (non-hydrogen) atoms. The van der Waals surface area contributed by atoms with Crippen LogP contribution in [0.3, 0.4) is 0 Å². The zero-order valence-electron chi connectivity index (χ0n) is 34.8. The molecule has 0 fully saturated rings. The third-order valence-corrected chi connectivity index (χ3v) is 7.90. The number of benzene rings is 2. The summed E-state index contributed by atoms with van der Waals surface area (Å²) in [5.41, 5.74) is 4.78. The minimum absolute atomic E-state index is 0. The Bertz CT molecular complexity index is 2360. The molecule has 10 nitrogen and oxygen atoms in total. The number of halogens is 4. The van der Waals surface area contributed by atoms with Crippen LogP contribution in [-0.4, -0.2) is 32.0 Å². The Morgan fingerprint density at radius 3 is 1.52 bits per heavy atom. The van der Waals surface area contributed by atoms with Gasteiger partial charge in [0, 0.05) is 79.6 Å². The van der Waals surface area contributed by atoms with E-state index >= 15 is 0 Å². The smallest absolute Gasteiger partial charge is 0.493 e. The summed E-state index contributed by atoms with van der Waals surface area (Å²) in [7, 11) is -6.00. The molecule has 0 amide bonds. The van der Waals surface area contributed by atoms with Gasteiger partial charge < -0.3 is 40.3 Å². The van der Waals surface area contributed by atoms with Crippen molar-refractivity contribution in [2.75, 3.05) is 13.2 Å². The average molecular weight is 841 g/mol. The Morgan fingerprint density at radius 1 is 0.667 bits per heavy atom. The molecule has 6 aromatic rings. The van der Waals surface area contributed by atoms with Crippen molar-refractivity contribution in [2.24, 2.45) is 0 Å². The third-order valence-electron chi connectivity index (χ3n) is 7.90. The first-order chi connectivity index (χ1) is 27.5. The highest BCUT2D eigenvalue weighted by atomic mass is 19.5. The molecule has 324 valence electrons. The van der Waals surface area contributed by atoms with Crippen LogP contribution >= 0.6 is 0 Å². The summed E-state index contributed by atoms with van der Waals surface area (Å²) in [5.74, 6) is 3.03. The summed E-state index contributed by atoms with van der Waals surface area (Å²) >= 11 is 0. The van der Waals surface area contributed by atoms with Crippen LogP contribution in [0, 0.1) is 41.5 Å². The minimum atomic E-state index is -6.00. The number of hydrogen-bond donors (Lipinski definition) is 0. The van der Waals surface area contributed by atoms with E-state index in [0.29, 0.717) is 48.7 Å². The van der Waals surface area contributed by atoms with Crippen LogP contribution in [0.25, 0.3) is 21.9 Å². The van der Waals surface area contributed by atoms with Gasteiger partial charge in [-0.05, 0) is 88.6 Å². The number of esters is 1. The number of carbonyl (C=O) groups excluding carboxylic acids is 1. The predicted octanol–water partition coefficient (Wildman–Crippen LogP) is 10.8. The van der Waals surface area contributed by atoms with E-state index < -0.39 is 18.5 Å². The van der Waals surface area contributed by atoms with E-state index in [2.05, 4.69) is 44.4 Å². The van der Waals surface area contributed by atoms with E-state index in [4.69, 9.17) is 27.5 Å². The van der Waals surface area contributed by atoms with Gasteiger partial charge in [0.1, 0.15) is 34.9 Å². The van der Waals surface area contributed by atoms with E-state index in [1.54, 1.807) is 30.3 Å². The van der Waals surface area contributed by atoms with E-state index in [9.17, 15) is 31.6 Å². The molecule has 0 N–H and O–H groups in total. The number of hydrogen-bond acceptors (Lipinski definition) is 8. The molecular formula is C45H55BF4NO9+. The normalized spacial score (nSPS) is 10.8. The molecule has 0 bridgehead atoms. The maximum absolute atomic E-state index is 11.6. The van der Waals surface area contributed by atoms with E-state index in [1.165, 1.54) is 34.6 Å². The number of nitrogens with zero attached hydrogens (tertiary/aromatic N) is 1. The van der Waals surface area contributed by atoms with Crippen LogP contribution in [-0.2, 0) is 16.1 Å². The minimum Gasteiger partial charge on any atom is -0.493 e. The van der Waals surface area contributed by atoms with Gasteiger partial charge in [-0.3, -0.25) is 4.79 Å². The van der Waals surface area contributed by atoms with Gasteiger partial charge in [0.2, 0.25) is 0 Å². The van der Waals surface area contributed by atoms with Crippen LogP contribution in [0.5, 0.6) is 11.5 Å². The summed E-state index contributed by atoms with van der Waals surface area (Å²) in [4.78, 5) is 34.0. The molecule has 0 aliphatic heterocycles. The Balaban J connectivity index is 0.000000311. The fraction of sp³-hybridized carbons (Fsp3) is 0.356. The molecule has 0 saturated heterocycles. The lowest BCUT2D eigenvalue weighted by molar-refractivity contribution is -0.709. The molecule has 0 aliphatic rings. The van der Waals surface area contributed by atoms with Crippen molar-refractivity contribution >= 4 is 35.2 Å². The second-order valence-corrected chi connectivity index (χ2v) is 14.6. The van der Waals surface area contributed by atoms with Crippen LogP contribution in [0.4, 0.5) is 17.3 Å². The van der Waals surface area contributed by atoms with Crippen LogP contribution in [0.1, 0.15) is 75.1 Å². The molecule has 0 saturated carbocycles. The first-order valence-electron chi connectivity index (χ1n) is 18.8. The summed E-state index contributed by atoms with van der Waals surface area (Å²) in [6, 6.07) is 25.5. The summed E-state index contributed by atoms with van der Waals surface area (Å²) in [6.45, 7) is 19.5. The van der Waals surface area contributed by atoms with Gasteiger partial charge in [0.25, 0.3) is 0 Å². The van der Waals surface area contributed by atoms with Crippen molar-refractivity contribution in [2.45, 2.75) is 94.7 Å². The average Bonchev–Trinajstić information content (AvgIpc) is 3.09. The van der Waals surface area contributed by atoms with E-state index in [0.717, 1.165) is 28.8 Å². The number of fused-ring (bicyclic) bond motifs is 2. The van der Waals surface area contributed by atoms with E-state index in [1.807, 2.05) is 65.0 Å². The fourth-order valence-corrected chi connectivity index (χ4v) is 5.80. The Labute approximate surface area is 347 Å². The van der Waals surface area contributed by atoms with Gasteiger partial charge in [-0.2, -0.15) is 4.57 Å². The lowest BCUT2D eigenvalue weighted by Gasteiger charge is -2.19. The molecule has 0 radical (unpaired) electrons. The fourth-order valence-electron chi connectivity index (χ4n) is 5.80. The van der Waals surface area contributed by atoms with Gasteiger partial charge >= 0.3 is 36.0 Å². The number of aromatic nitrogens is 1. The van der Waals surface area contributed by atoms with Crippen molar-refractivity contribution in [3.05, 3.63) is 140 Å². The highest BCUT2D eigenvalue weighted by molar-refractivity contribution is 6.50. The van der Waals surface area contributed by atoms with Crippen LogP contribution < -0.4 is 25.3 Å². The lowest BCUT2D eigenvalue weighted by atomic mass is 10.2. The van der Waals surface area contributed by atoms with Crippen LogP contribution in [0.2, 0.25) is 0 Å². The van der Waals surface area contributed by atoms with Crippen molar-refractivity contribution < 1.29 is 54.1 Å². The molecule has 15 heteroatoms. The van der Waals surface area contributed by atoms with Crippen LogP contribution in [0.15, 0.2) is 108 Å². The second kappa shape index (κ2) is 23.0. The van der Waals surface area contributed by atoms with Gasteiger partial charge in [-0.15, -0.1) is 0 Å². The molecule has 0 aliphatic carbocycles. The molecular weight excluding hydrogens is 785 g/mol. The monoisotopic (exact) mass is 840 g/mol. The SMILES string of the molecule is C.CC(C)(C)OC(=O)CCCOc1ccc2ccc(=O)oc2c1.Cc1cc(C)[n+](CCOc2ccc3ccc(=O)oc3c2)c(C)c1.Cc1cc(C)[o+]c(C)c1.F[B-](F)(F)F. The maximum atomic E-state index is 11.6. The first kappa shape index (κ1) is 50.2. The Morgan fingerprint density at radius 2 is 1.08 bits per heavy atom. The topological polar surface area (TPSA) is 120 Å². The predicted molar refractivity (Wildman–Crippen MR) is 226 cm³/mol. The number of aryl methyl sites for hydroxylation is 6. The highest BCUT2D eigenvalue weighted by Crippen LogP contribution is 2.21. The molecule has 4 aromatic heterocycles. The summed E-state index contributed by atoms with van der Waals surface area (Å²) < 4.78 is 73.4. The third kappa shape index (κ3) is 19.2. The standard InChI is InChI=1S/C19H20NO3.C17H20O5.C8H11O.CH4.BF4/c1-13-10-14(2)20(15(3)11-13)8-9-22-17-6-4-16-5-7-19(21)23-18(16)12-17;1-17(2,3)22-16(19)5-4-10-20-13-8-6-12-7-9-15(18)21-14(12)11-13;1-6-4-7(2)9-8(3)5-6;;2-1(3,4)5/h4-7,10-12H,8-9H2,1-3H3;6-9,11H,4-5,10H2,1-3H3;4-5H,1-3H3;1H4;/q+1;;+1;;-1. The van der Waals surface area contributed by atoms with Gasteiger partial charge in [-0.25, -0.2) is 14.0 Å². The summed E-state index contributed by atoms with van der Waals surface area (Å²) in [6.07, 6.45) is 0.867. The van der Waals surface area contributed by atoms with Crippen molar-refractivity contribution in [1.82, 2.24) is 0 Å². The number of pyridine rings is 1. The summed E-state index contributed by atoms with van der Waals surface area (Å²) in [5, 5.41) is 1.72. The quantitative estimate of drug-likeness (QED) is 0.0266. The van der Waals surface area contributed by atoms with Crippen molar-refractivity contribution in [3.8, 4) is 11.5 Å². The number of ether oxygens (including phenoxy) is 3. The molecule has 2 aromatic carbocycles. The van der Waals surface area contributed by atoms with Crippen molar-refractivity contribution in [3.63, 3.8) is 0 Å². The lowest BCUT2D eigenvalue weighted by Crippen LogP contribution is -2.42. The second-order valence-electron chi connectivity index (χ2n) is 14.6. The van der Waals surface area contributed by atoms with Crippen molar-refractivity contribution in [1.29, 1.82) is 0 Å². The van der Waals surface area contributed by atoms with Gasteiger partial charge in [-0.1, -0.05) is 7.43 Å². The van der Waals surface area contributed by atoms with E-state index in [-0.39, 0.29) is 19.0 Å². The first-order valence-corrected chi connectivity index (χ1v) is 18.8. The molecule has 0 unspecified atom stereocenters. The zero-order chi connectivity index (χ0) is 43.9. The molecule has 0 atom stereocenters.